The molecule has 1 aromatic carbocycles. The predicted molar refractivity (Wildman–Crippen MR) is 78.5 cm³/mol. The van der Waals surface area contributed by atoms with Crippen LogP contribution in [-0.2, 0) is 10.0 Å². The standard InChI is InChI=1S/C15H11F2N3O3S/c16-12-2-1-3-13(17)15(12)24(21,22)20-8-11(9-20)23-14-5-4-10(6-18)7-19-14/h1-5,7,11H,8-9H2. The van der Waals surface area contributed by atoms with Crippen LogP contribution in [0, 0.1) is 23.0 Å². The summed E-state index contributed by atoms with van der Waals surface area (Å²) in [5.74, 6) is -2.02. The van der Waals surface area contributed by atoms with Gasteiger partial charge in [0.05, 0.1) is 18.7 Å². The molecule has 1 aliphatic rings. The summed E-state index contributed by atoms with van der Waals surface area (Å²) in [7, 11) is -4.26. The Kier molecular flexibility index (Phi) is 4.17. The number of pyridine rings is 1. The Balaban J connectivity index is 1.68. The molecule has 1 saturated heterocycles. The number of benzene rings is 1. The van der Waals surface area contributed by atoms with Crippen LogP contribution in [0.2, 0.25) is 0 Å². The molecule has 3 rings (SSSR count). The number of ether oxygens (including phenoxy) is 1. The summed E-state index contributed by atoms with van der Waals surface area (Å²) < 4.78 is 58.3. The molecule has 124 valence electrons. The van der Waals surface area contributed by atoms with Crippen LogP contribution in [0.15, 0.2) is 41.4 Å². The number of halogens is 2. The van der Waals surface area contributed by atoms with Crippen molar-refractivity contribution in [3.63, 3.8) is 0 Å². The van der Waals surface area contributed by atoms with Crippen LogP contribution in [0.3, 0.4) is 0 Å². The zero-order valence-corrected chi connectivity index (χ0v) is 13.0. The van der Waals surface area contributed by atoms with E-state index in [9.17, 15) is 17.2 Å². The van der Waals surface area contributed by atoms with Gasteiger partial charge < -0.3 is 4.74 Å². The van der Waals surface area contributed by atoms with Crippen molar-refractivity contribution in [2.24, 2.45) is 0 Å². The molecule has 0 radical (unpaired) electrons. The summed E-state index contributed by atoms with van der Waals surface area (Å²) in [6, 6.07) is 7.81. The van der Waals surface area contributed by atoms with Gasteiger partial charge in [-0.3, -0.25) is 0 Å². The smallest absolute Gasteiger partial charge is 0.249 e. The molecular weight excluding hydrogens is 340 g/mol. The zero-order valence-electron chi connectivity index (χ0n) is 12.2. The third-order valence-corrected chi connectivity index (χ3v) is 5.37. The lowest BCUT2D eigenvalue weighted by Crippen LogP contribution is -2.56. The first-order valence-corrected chi connectivity index (χ1v) is 8.33. The van der Waals surface area contributed by atoms with E-state index in [1.54, 1.807) is 0 Å². The number of nitrogens with zero attached hydrogens (tertiary/aromatic N) is 3. The molecule has 6 nitrogen and oxygen atoms in total. The summed E-state index contributed by atoms with van der Waals surface area (Å²) >= 11 is 0. The van der Waals surface area contributed by atoms with Crippen molar-refractivity contribution in [3.8, 4) is 11.9 Å². The van der Waals surface area contributed by atoms with E-state index < -0.39 is 32.7 Å². The zero-order chi connectivity index (χ0) is 17.3. The van der Waals surface area contributed by atoms with Gasteiger partial charge in [0.15, 0.2) is 4.90 Å². The van der Waals surface area contributed by atoms with Crippen LogP contribution >= 0.6 is 0 Å². The van der Waals surface area contributed by atoms with Crippen molar-refractivity contribution in [2.75, 3.05) is 13.1 Å². The van der Waals surface area contributed by atoms with E-state index in [4.69, 9.17) is 10.00 Å². The first-order valence-electron chi connectivity index (χ1n) is 6.89. The van der Waals surface area contributed by atoms with Crippen molar-refractivity contribution in [3.05, 3.63) is 53.7 Å². The molecule has 0 saturated carbocycles. The van der Waals surface area contributed by atoms with Crippen molar-refractivity contribution in [1.29, 1.82) is 5.26 Å². The summed E-state index contributed by atoms with van der Waals surface area (Å²) in [6.07, 6.45) is 0.854. The Morgan fingerprint density at radius 2 is 1.88 bits per heavy atom. The fourth-order valence-corrected chi connectivity index (χ4v) is 3.83. The average molecular weight is 351 g/mol. The first kappa shape index (κ1) is 16.3. The molecule has 0 N–H and O–H groups in total. The topological polar surface area (TPSA) is 83.3 Å². The van der Waals surface area contributed by atoms with Gasteiger partial charge in [-0.15, -0.1) is 0 Å². The second-order valence-electron chi connectivity index (χ2n) is 5.11. The van der Waals surface area contributed by atoms with Gasteiger partial charge in [-0.25, -0.2) is 22.2 Å². The van der Waals surface area contributed by atoms with E-state index in [1.165, 1.54) is 18.3 Å². The van der Waals surface area contributed by atoms with E-state index in [0.717, 1.165) is 22.5 Å². The minimum Gasteiger partial charge on any atom is -0.472 e. The van der Waals surface area contributed by atoms with E-state index in [-0.39, 0.29) is 19.0 Å². The molecule has 0 spiro atoms. The SMILES string of the molecule is N#Cc1ccc(OC2CN(S(=O)(=O)c3c(F)cccc3F)C2)nc1. The van der Waals surface area contributed by atoms with E-state index >= 15 is 0 Å². The van der Waals surface area contributed by atoms with Gasteiger partial charge in [0.25, 0.3) is 0 Å². The summed E-state index contributed by atoms with van der Waals surface area (Å²) in [5, 5.41) is 8.68. The quantitative estimate of drug-likeness (QED) is 0.837. The Hall–Kier alpha value is -2.57. The molecular formula is C15H11F2N3O3S. The maximum Gasteiger partial charge on any atom is 0.249 e. The summed E-state index contributed by atoms with van der Waals surface area (Å²) in [6.45, 7) is -0.0877. The van der Waals surface area contributed by atoms with Gasteiger partial charge in [-0.1, -0.05) is 6.07 Å². The predicted octanol–water partition coefficient (Wildman–Crippen LogP) is 1.68. The molecule has 0 unspecified atom stereocenters. The van der Waals surface area contributed by atoms with E-state index in [2.05, 4.69) is 4.98 Å². The number of hydrogen-bond acceptors (Lipinski definition) is 5. The summed E-state index contributed by atoms with van der Waals surface area (Å²) in [4.78, 5) is 2.95. The number of rotatable bonds is 4. The van der Waals surface area contributed by atoms with Gasteiger partial charge >= 0.3 is 0 Å². The highest BCUT2D eigenvalue weighted by Gasteiger charge is 2.40. The van der Waals surface area contributed by atoms with Crippen molar-refractivity contribution < 1.29 is 21.9 Å². The molecule has 0 aliphatic carbocycles. The molecule has 24 heavy (non-hydrogen) atoms. The van der Waals surface area contributed by atoms with Crippen molar-refractivity contribution >= 4 is 10.0 Å². The fourth-order valence-electron chi connectivity index (χ4n) is 2.22. The van der Waals surface area contributed by atoms with Gasteiger partial charge in [0.1, 0.15) is 23.8 Å². The lowest BCUT2D eigenvalue weighted by Gasteiger charge is -2.37. The lowest BCUT2D eigenvalue weighted by molar-refractivity contribution is 0.0717. The normalized spacial score (nSPS) is 15.5. The van der Waals surface area contributed by atoms with E-state index in [0.29, 0.717) is 5.56 Å². The second kappa shape index (κ2) is 6.14. The first-order chi connectivity index (χ1) is 11.4. The van der Waals surface area contributed by atoms with Crippen LogP contribution < -0.4 is 4.74 Å². The highest BCUT2D eigenvalue weighted by molar-refractivity contribution is 7.89. The third-order valence-electron chi connectivity index (χ3n) is 3.48. The Morgan fingerprint density at radius 1 is 1.21 bits per heavy atom. The third kappa shape index (κ3) is 2.93. The summed E-state index contributed by atoms with van der Waals surface area (Å²) in [5.41, 5.74) is 0.371. The Bertz CT molecular complexity index is 884. The monoisotopic (exact) mass is 351 g/mol. The Morgan fingerprint density at radius 3 is 2.42 bits per heavy atom. The number of hydrogen-bond donors (Lipinski definition) is 0. The van der Waals surface area contributed by atoms with Crippen LogP contribution in [0.4, 0.5) is 8.78 Å². The molecule has 1 aliphatic heterocycles. The highest BCUT2D eigenvalue weighted by Crippen LogP contribution is 2.27. The van der Waals surface area contributed by atoms with Gasteiger partial charge in [0, 0.05) is 12.3 Å². The maximum absolute atomic E-state index is 13.7. The molecule has 1 aromatic heterocycles. The highest BCUT2D eigenvalue weighted by atomic mass is 32.2. The number of sulfonamides is 1. The molecule has 2 aromatic rings. The van der Waals surface area contributed by atoms with Crippen LogP contribution in [0.1, 0.15) is 5.56 Å². The van der Waals surface area contributed by atoms with Crippen molar-refractivity contribution in [1.82, 2.24) is 9.29 Å². The van der Waals surface area contributed by atoms with Crippen LogP contribution in [0.25, 0.3) is 0 Å². The van der Waals surface area contributed by atoms with Gasteiger partial charge in [-0.2, -0.15) is 9.57 Å². The number of aromatic nitrogens is 1. The minimum absolute atomic E-state index is 0.0439. The maximum atomic E-state index is 13.7. The molecule has 0 amide bonds. The van der Waals surface area contributed by atoms with Crippen LogP contribution in [0.5, 0.6) is 5.88 Å². The van der Waals surface area contributed by atoms with E-state index in [1.807, 2.05) is 6.07 Å². The van der Waals surface area contributed by atoms with Gasteiger partial charge in [0.2, 0.25) is 15.9 Å². The molecule has 2 heterocycles. The van der Waals surface area contributed by atoms with Gasteiger partial charge in [-0.05, 0) is 18.2 Å². The minimum atomic E-state index is -4.26. The Labute approximate surface area is 137 Å². The van der Waals surface area contributed by atoms with Crippen LogP contribution in [-0.4, -0.2) is 36.9 Å². The second-order valence-corrected chi connectivity index (χ2v) is 6.98. The number of nitriles is 1. The molecule has 0 atom stereocenters. The average Bonchev–Trinajstić information content (AvgIpc) is 2.50. The fraction of sp³-hybridized carbons (Fsp3) is 0.200. The largest absolute Gasteiger partial charge is 0.472 e. The lowest BCUT2D eigenvalue weighted by atomic mass is 10.2. The van der Waals surface area contributed by atoms with Crippen molar-refractivity contribution in [2.45, 2.75) is 11.0 Å². The molecule has 9 heteroatoms. The molecule has 1 fully saturated rings. The molecule has 0 bridgehead atoms.